The summed E-state index contributed by atoms with van der Waals surface area (Å²) in [5.41, 5.74) is 3.13. The molecule has 7 heteroatoms. The van der Waals surface area contributed by atoms with Gasteiger partial charge in [-0.25, -0.2) is 9.59 Å². The number of aromatic nitrogens is 1. The highest BCUT2D eigenvalue weighted by molar-refractivity contribution is 5.89. The first kappa shape index (κ1) is 17.4. The Hall–Kier alpha value is -2.98. The van der Waals surface area contributed by atoms with Crippen molar-refractivity contribution in [3.63, 3.8) is 0 Å². The Morgan fingerprint density at radius 3 is 2.54 bits per heavy atom. The smallest absolute Gasteiger partial charge is 0.328 e. The summed E-state index contributed by atoms with van der Waals surface area (Å²) in [7, 11) is 0. The van der Waals surface area contributed by atoms with Crippen LogP contribution < -0.4 is 5.32 Å². The van der Waals surface area contributed by atoms with E-state index in [0.717, 1.165) is 31.0 Å². The highest BCUT2D eigenvalue weighted by atomic mass is 16.4. The van der Waals surface area contributed by atoms with E-state index in [4.69, 9.17) is 15.5 Å². The second kappa shape index (κ2) is 8.04. The Kier molecular flexibility index (Phi) is 5.82. The van der Waals surface area contributed by atoms with Crippen LogP contribution in [0.3, 0.4) is 0 Å². The molecule has 3 rings (SSSR count). The minimum absolute atomic E-state index is 0.558. The number of nitriles is 1. The third kappa shape index (κ3) is 4.76. The van der Waals surface area contributed by atoms with Gasteiger partial charge in [0.05, 0.1) is 5.56 Å². The van der Waals surface area contributed by atoms with Crippen LogP contribution in [0.4, 0.5) is 0 Å². The zero-order chi connectivity index (χ0) is 17.5. The molecule has 0 spiro atoms. The van der Waals surface area contributed by atoms with Crippen molar-refractivity contribution in [1.82, 2.24) is 10.3 Å². The molecule has 0 saturated carbocycles. The summed E-state index contributed by atoms with van der Waals surface area (Å²) in [4.78, 5) is 23.2. The van der Waals surface area contributed by atoms with Crippen molar-refractivity contribution in [2.45, 2.75) is 6.42 Å². The molecule has 0 aromatic carbocycles. The third-order valence-corrected chi connectivity index (χ3v) is 3.90. The van der Waals surface area contributed by atoms with Crippen molar-refractivity contribution in [2.75, 3.05) is 13.1 Å². The molecule has 1 aromatic heterocycles. The molecule has 1 aliphatic heterocycles. The fraction of sp³-hybridized carbons (Fsp3) is 0.294. The molecule has 0 radical (unpaired) electrons. The maximum atomic E-state index is 9.55. The van der Waals surface area contributed by atoms with Gasteiger partial charge in [0.2, 0.25) is 0 Å². The fourth-order valence-electron chi connectivity index (χ4n) is 2.81. The number of pyridine rings is 1. The van der Waals surface area contributed by atoms with Crippen LogP contribution in [0.15, 0.2) is 36.7 Å². The number of carboxylic acids is 2. The number of carboxylic acid groups (broad SMARTS) is 2. The third-order valence-electron chi connectivity index (χ3n) is 3.90. The predicted molar refractivity (Wildman–Crippen MR) is 85.8 cm³/mol. The lowest BCUT2D eigenvalue weighted by Crippen LogP contribution is -2.09. The maximum Gasteiger partial charge on any atom is 0.328 e. The average Bonchev–Trinajstić information content (AvgIpc) is 3.15. The van der Waals surface area contributed by atoms with Gasteiger partial charge in [-0.15, -0.1) is 0 Å². The second-order valence-electron chi connectivity index (χ2n) is 5.56. The van der Waals surface area contributed by atoms with E-state index in [1.165, 1.54) is 5.57 Å². The van der Waals surface area contributed by atoms with E-state index >= 15 is 0 Å². The van der Waals surface area contributed by atoms with Crippen molar-refractivity contribution >= 4 is 17.5 Å². The van der Waals surface area contributed by atoms with Crippen LogP contribution in [0, 0.1) is 23.2 Å². The van der Waals surface area contributed by atoms with Crippen molar-refractivity contribution in [3.05, 3.63) is 47.8 Å². The van der Waals surface area contributed by atoms with Crippen molar-refractivity contribution in [2.24, 2.45) is 11.8 Å². The van der Waals surface area contributed by atoms with Gasteiger partial charge in [0.15, 0.2) is 0 Å². The molecule has 0 bridgehead atoms. The van der Waals surface area contributed by atoms with Crippen LogP contribution in [0.25, 0.3) is 5.57 Å². The Balaban J connectivity index is 0.000000224. The number of nitrogens with one attached hydrogen (secondary N) is 1. The molecule has 2 atom stereocenters. The minimum Gasteiger partial charge on any atom is -0.478 e. The topological polar surface area (TPSA) is 123 Å². The molecule has 0 amide bonds. The molecule has 1 aromatic rings. The van der Waals surface area contributed by atoms with Crippen molar-refractivity contribution in [3.8, 4) is 6.07 Å². The van der Waals surface area contributed by atoms with E-state index < -0.39 is 11.9 Å². The van der Waals surface area contributed by atoms with Crippen LogP contribution in [-0.2, 0) is 9.59 Å². The molecule has 1 fully saturated rings. The highest BCUT2D eigenvalue weighted by Gasteiger charge is 2.31. The standard InChI is InChI=1S/C13H13N3.C4H4O4/c14-4-9-1-11(6-15-5-9)10-2-12-7-16-8-13(12)3-10;5-3(6)1-2-4(7)8/h1-2,5-6,12-13,16H,3,7-8H2;1-2H,(H,5,6)(H,7,8)/b;2-1+/t12-,13+;/m1./s1. The fourth-order valence-corrected chi connectivity index (χ4v) is 2.81. The van der Waals surface area contributed by atoms with Crippen LogP contribution in [0.2, 0.25) is 0 Å². The number of aliphatic carboxylic acids is 2. The molecule has 2 aliphatic rings. The van der Waals surface area contributed by atoms with E-state index in [9.17, 15) is 9.59 Å². The normalized spacial score (nSPS) is 21.4. The van der Waals surface area contributed by atoms with Crippen molar-refractivity contribution < 1.29 is 19.8 Å². The van der Waals surface area contributed by atoms with E-state index in [1.54, 1.807) is 6.20 Å². The summed E-state index contributed by atoms with van der Waals surface area (Å²) >= 11 is 0. The lowest BCUT2D eigenvalue weighted by molar-refractivity contribution is -0.134. The van der Waals surface area contributed by atoms with Gasteiger partial charge in [-0.1, -0.05) is 6.08 Å². The molecular weight excluding hydrogens is 310 g/mol. The summed E-state index contributed by atoms with van der Waals surface area (Å²) in [6.07, 6.45) is 8.06. The van der Waals surface area contributed by atoms with E-state index in [0.29, 0.717) is 23.6 Å². The molecule has 2 heterocycles. The maximum absolute atomic E-state index is 9.55. The van der Waals surface area contributed by atoms with Gasteiger partial charge >= 0.3 is 11.9 Å². The van der Waals surface area contributed by atoms with E-state index in [2.05, 4.69) is 22.4 Å². The first-order valence-electron chi connectivity index (χ1n) is 7.40. The quantitative estimate of drug-likeness (QED) is 0.715. The van der Waals surface area contributed by atoms with Crippen LogP contribution in [-0.4, -0.2) is 40.2 Å². The van der Waals surface area contributed by atoms with Gasteiger partial charge in [0.25, 0.3) is 0 Å². The Morgan fingerprint density at radius 1 is 1.25 bits per heavy atom. The average molecular weight is 327 g/mol. The van der Waals surface area contributed by atoms with Gasteiger partial charge in [-0.3, -0.25) is 4.98 Å². The molecular formula is C17H17N3O4. The molecule has 7 nitrogen and oxygen atoms in total. The Labute approximate surface area is 138 Å². The van der Waals surface area contributed by atoms with Gasteiger partial charge in [0.1, 0.15) is 6.07 Å². The Bertz CT molecular complexity index is 718. The number of hydrogen-bond donors (Lipinski definition) is 3. The lowest BCUT2D eigenvalue weighted by atomic mass is 9.98. The van der Waals surface area contributed by atoms with Crippen LogP contribution in [0.1, 0.15) is 17.5 Å². The molecule has 1 aliphatic carbocycles. The first-order chi connectivity index (χ1) is 11.5. The van der Waals surface area contributed by atoms with E-state index in [-0.39, 0.29) is 0 Å². The summed E-state index contributed by atoms with van der Waals surface area (Å²) in [6.45, 7) is 2.22. The summed E-state index contributed by atoms with van der Waals surface area (Å²) < 4.78 is 0. The van der Waals surface area contributed by atoms with E-state index in [1.807, 2.05) is 12.3 Å². The Morgan fingerprint density at radius 2 is 1.96 bits per heavy atom. The predicted octanol–water partition coefficient (Wildman–Crippen LogP) is 1.29. The molecule has 0 unspecified atom stereocenters. The largest absolute Gasteiger partial charge is 0.478 e. The summed E-state index contributed by atoms with van der Waals surface area (Å²) in [6, 6.07) is 4.08. The number of hydrogen-bond acceptors (Lipinski definition) is 5. The van der Waals surface area contributed by atoms with Gasteiger partial charge in [-0.2, -0.15) is 5.26 Å². The lowest BCUT2D eigenvalue weighted by Gasteiger charge is -2.06. The number of fused-ring (bicyclic) bond motifs is 1. The molecule has 3 N–H and O–H groups in total. The van der Waals surface area contributed by atoms with Gasteiger partial charge in [0, 0.05) is 31.1 Å². The zero-order valence-electron chi connectivity index (χ0n) is 12.8. The van der Waals surface area contributed by atoms with Gasteiger partial charge < -0.3 is 15.5 Å². The first-order valence-corrected chi connectivity index (χ1v) is 7.40. The molecule has 1 saturated heterocycles. The number of carbonyl (C=O) groups is 2. The van der Waals surface area contributed by atoms with Crippen molar-refractivity contribution in [1.29, 1.82) is 5.26 Å². The SMILES string of the molecule is N#Cc1cncc(C2=C[C@@H]3CNC[C@@H]3C2)c1.O=C(O)/C=C/C(=O)O. The number of nitrogens with zero attached hydrogens (tertiary/aromatic N) is 2. The second-order valence-corrected chi connectivity index (χ2v) is 5.56. The summed E-state index contributed by atoms with van der Waals surface area (Å²) in [5, 5.41) is 27.9. The number of rotatable bonds is 3. The minimum atomic E-state index is -1.26. The molecule has 24 heavy (non-hydrogen) atoms. The van der Waals surface area contributed by atoms with Crippen LogP contribution in [0.5, 0.6) is 0 Å². The molecule has 124 valence electrons. The summed E-state index contributed by atoms with van der Waals surface area (Å²) in [5.74, 6) is -1.08. The van der Waals surface area contributed by atoms with Gasteiger partial charge in [-0.05, 0) is 42.0 Å². The monoisotopic (exact) mass is 327 g/mol. The number of allylic oxidation sites excluding steroid dienone is 1. The van der Waals surface area contributed by atoms with Crippen LogP contribution >= 0.6 is 0 Å². The zero-order valence-corrected chi connectivity index (χ0v) is 12.8. The highest BCUT2D eigenvalue weighted by Crippen LogP contribution is 2.37.